The van der Waals surface area contributed by atoms with Crippen LogP contribution in [-0.2, 0) is 11.8 Å². The molecule has 1 heteroatoms. The Hall–Kier alpha value is -1.76. The highest BCUT2D eigenvalue weighted by molar-refractivity contribution is 5.68. The normalized spacial score (nSPS) is 11.6. The van der Waals surface area contributed by atoms with Crippen molar-refractivity contribution < 1.29 is 0 Å². The van der Waals surface area contributed by atoms with Crippen LogP contribution in [0.1, 0.15) is 38.8 Å². The minimum absolute atomic E-state index is 0.203. The van der Waals surface area contributed by atoms with E-state index in [1.807, 2.05) is 6.07 Å². The summed E-state index contributed by atoms with van der Waals surface area (Å²) in [5, 5.41) is 0. The number of aryl methyl sites for hydroxylation is 1. The zero-order valence-electron chi connectivity index (χ0n) is 12.3. The van der Waals surface area contributed by atoms with E-state index >= 15 is 0 Å². The van der Waals surface area contributed by atoms with Gasteiger partial charge in [-0.05, 0) is 46.2 Å². The van der Waals surface area contributed by atoms with Gasteiger partial charge in [-0.1, -0.05) is 58.0 Å². The van der Waals surface area contributed by atoms with Gasteiger partial charge >= 0.3 is 0 Å². The second kappa shape index (κ2) is 5.08. The summed E-state index contributed by atoms with van der Waals surface area (Å²) in [5.74, 6) is 0. The molecule has 0 amide bonds. The van der Waals surface area contributed by atoms with E-state index in [1.165, 1.54) is 22.3 Å². The first kappa shape index (κ1) is 13.7. The lowest BCUT2D eigenvalue weighted by atomic mass is 9.86. The predicted molar refractivity (Wildman–Crippen MR) is 84.4 cm³/mol. The molecule has 0 aliphatic rings. The Morgan fingerprint density at radius 3 is 2.00 bits per heavy atom. The van der Waals surface area contributed by atoms with Crippen molar-refractivity contribution in [3.8, 4) is 11.1 Å². The standard InChI is InChI=1S/C18H23N/c1-5-13-12-15(8-11-17(13)19)14-6-9-16(10-7-14)18(2,3)4/h6-12H,5,19H2,1-4H3. The summed E-state index contributed by atoms with van der Waals surface area (Å²) < 4.78 is 0. The highest BCUT2D eigenvalue weighted by Gasteiger charge is 2.13. The average molecular weight is 253 g/mol. The molecule has 2 aromatic rings. The molecule has 0 aliphatic carbocycles. The molecule has 2 rings (SSSR count). The van der Waals surface area contributed by atoms with Crippen molar-refractivity contribution >= 4 is 5.69 Å². The van der Waals surface area contributed by atoms with Gasteiger partial charge in [0.1, 0.15) is 0 Å². The zero-order valence-corrected chi connectivity index (χ0v) is 12.3. The smallest absolute Gasteiger partial charge is 0.0346 e. The molecule has 0 atom stereocenters. The van der Waals surface area contributed by atoms with E-state index in [0.717, 1.165) is 12.1 Å². The maximum absolute atomic E-state index is 5.96. The molecule has 0 saturated heterocycles. The number of rotatable bonds is 2. The second-order valence-electron chi connectivity index (χ2n) is 6.09. The van der Waals surface area contributed by atoms with Gasteiger partial charge in [-0.3, -0.25) is 0 Å². The van der Waals surface area contributed by atoms with E-state index in [1.54, 1.807) is 0 Å². The topological polar surface area (TPSA) is 26.0 Å². The number of hydrogen-bond donors (Lipinski definition) is 1. The molecule has 1 nitrogen and oxygen atoms in total. The third kappa shape index (κ3) is 2.98. The Morgan fingerprint density at radius 1 is 0.895 bits per heavy atom. The quantitative estimate of drug-likeness (QED) is 0.765. The van der Waals surface area contributed by atoms with Crippen LogP contribution in [0.5, 0.6) is 0 Å². The molecule has 2 N–H and O–H groups in total. The Bertz CT molecular complexity index is 559. The summed E-state index contributed by atoms with van der Waals surface area (Å²) >= 11 is 0. The predicted octanol–water partition coefficient (Wildman–Crippen LogP) is 4.80. The fourth-order valence-electron chi connectivity index (χ4n) is 2.25. The third-order valence-corrected chi connectivity index (χ3v) is 3.61. The van der Waals surface area contributed by atoms with Gasteiger partial charge in [0.25, 0.3) is 0 Å². The van der Waals surface area contributed by atoms with Gasteiger partial charge in [0.05, 0.1) is 0 Å². The van der Waals surface area contributed by atoms with Gasteiger partial charge in [0.15, 0.2) is 0 Å². The largest absolute Gasteiger partial charge is 0.399 e. The number of benzene rings is 2. The van der Waals surface area contributed by atoms with Crippen molar-refractivity contribution in [1.82, 2.24) is 0 Å². The van der Waals surface area contributed by atoms with Crippen molar-refractivity contribution in [2.45, 2.75) is 39.5 Å². The second-order valence-corrected chi connectivity index (χ2v) is 6.09. The Morgan fingerprint density at radius 2 is 1.47 bits per heavy atom. The van der Waals surface area contributed by atoms with Crippen LogP contribution in [0.3, 0.4) is 0 Å². The van der Waals surface area contributed by atoms with Gasteiger partial charge in [-0.2, -0.15) is 0 Å². The molecule has 100 valence electrons. The van der Waals surface area contributed by atoms with E-state index in [-0.39, 0.29) is 5.41 Å². The van der Waals surface area contributed by atoms with Crippen LogP contribution in [-0.4, -0.2) is 0 Å². The van der Waals surface area contributed by atoms with E-state index < -0.39 is 0 Å². The molecular formula is C18H23N. The summed E-state index contributed by atoms with van der Waals surface area (Å²) in [6.07, 6.45) is 0.972. The lowest BCUT2D eigenvalue weighted by molar-refractivity contribution is 0.590. The van der Waals surface area contributed by atoms with Crippen molar-refractivity contribution in [1.29, 1.82) is 0 Å². The Labute approximate surface area is 116 Å². The first-order chi connectivity index (χ1) is 8.91. The fourth-order valence-corrected chi connectivity index (χ4v) is 2.25. The third-order valence-electron chi connectivity index (χ3n) is 3.61. The lowest BCUT2D eigenvalue weighted by Crippen LogP contribution is -2.10. The summed E-state index contributed by atoms with van der Waals surface area (Å²) in [4.78, 5) is 0. The molecule has 0 spiro atoms. The van der Waals surface area contributed by atoms with Gasteiger partial charge in [0.2, 0.25) is 0 Å². The van der Waals surface area contributed by atoms with Crippen molar-refractivity contribution in [2.75, 3.05) is 5.73 Å². The van der Waals surface area contributed by atoms with Crippen LogP contribution in [0, 0.1) is 0 Å². The van der Waals surface area contributed by atoms with Crippen LogP contribution in [0.15, 0.2) is 42.5 Å². The number of nitrogens with two attached hydrogens (primary N) is 1. The Kier molecular flexibility index (Phi) is 3.66. The summed E-state index contributed by atoms with van der Waals surface area (Å²) in [6.45, 7) is 8.85. The van der Waals surface area contributed by atoms with Gasteiger partial charge < -0.3 is 5.73 Å². The molecule has 0 heterocycles. The van der Waals surface area contributed by atoms with Gasteiger partial charge in [-0.25, -0.2) is 0 Å². The highest BCUT2D eigenvalue weighted by atomic mass is 14.6. The molecule has 2 aromatic carbocycles. The Balaban J connectivity index is 2.37. The van der Waals surface area contributed by atoms with Crippen molar-refractivity contribution in [2.24, 2.45) is 0 Å². The van der Waals surface area contributed by atoms with E-state index in [2.05, 4.69) is 64.1 Å². The number of anilines is 1. The maximum atomic E-state index is 5.96. The SMILES string of the molecule is CCc1cc(-c2ccc(C(C)(C)C)cc2)ccc1N. The van der Waals surface area contributed by atoms with Gasteiger partial charge in [0, 0.05) is 5.69 Å². The number of nitrogen functional groups attached to an aromatic ring is 1. The van der Waals surface area contributed by atoms with Crippen LogP contribution in [0.2, 0.25) is 0 Å². The molecule has 0 radical (unpaired) electrons. The lowest BCUT2D eigenvalue weighted by Gasteiger charge is -2.19. The first-order valence-electron chi connectivity index (χ1n) is 6.91. The zero-order chi connectivity index (χ0) is 14.0. The molecule has 0 unspecified atom stereocenters. The van der Waals surface area contributed by atoms with Crippen LogP contribution < -0.4 is 5.73 Å². The minimum atomic E-state index is 0.203. The van der Waals surface area contributed by atoms with Crippen molar-refractivity contribution in [3.05, 3.63) is 53.6 Å². The fraction of sp³-hybridized carbons (Fsp3) is 0.333. The first-order valence-corrected chi connectivity index (χ1v) is 6.91. The van der Waals surface area contributed by atoms with Crippen LogP contribution >= 0.6 is 0 Å². The van der Waals surface area contributed by atoms with Crippen molar-refractivity contribution in [3.63, 3.8) is 0 Å². The number of hydrogen-bond acceptors (Lipinski definition) is 1. The summed E-state index contributed by atoms with van der Waals surface area (Å²) in [5.41, 5.74) is 12.1. The van der Waals surface area contributed by atoms with Gasteiger partial charge in [-0.15, -0.1) is 0 Å². The van der Waals surface area contributed by atoms with Crippen LogP contribution in [0.25, 0.3) is 11.1 Å². The monoisotopic (exact) mass is 253 g/mol. The average Bonchev–Trinajstić information content (AvgIpc) is 2.38. The maximum Gasteiger partial charge on any atom is 0.0346 e. The van der Waals surface area contributed by atoms with E-state index in [4.69, 9.17) is 5.73 Å². The molecular weight excluding hydrogens is 230 g/mol. The molecule has 0 aliphatic heterocycles. The molecule has 0 fully saturated rings. The molecule has 0 bridgehead atoms. The molecule has 19 heavy (non-hydrogen) atoms. The minimum Gasteiger partial charge on any atom is -0.399 e. The summed E-state index contributed by atoms with van der Waals surface area (Å²) in [7, 11) is 0. The van der Waals surface area contributed by atoms with E-state index in [0.29, 0.717) is 0 Å². The van der Waals surface area contributed by atoms with Crippen LogP contribution in [0.4, 0.5) is 5.69 Å². The molecule has 0 saturated carbocycles. The summed E-state index contributed by atoms with van der Waals surface area (Å²) in [6, 6.07) is 15.1. The molecule has 0 aromatic heterocycles. The van der Waals surface area contributed by atoms with E-state index in [9.17, 15) is 0 Å². The highest BCUT2D eigenvalue weighted by Crippen LogP contribution is 2.28.